The van der Waals surface area contributed by atoms with Crippen molar-refractivity contribution < 1.29 is 5.11 Å². The number of para-hydroxylation sites is 1. The first-order valence-corrected chi connectivity index (χ1v) is 7.41. The lowest BCUT2D eigenvalue weighted by atomic mass is 9.87. The number of nitrogens with zero attached hydrogens (tertiary/aromatic N) is 2. The van der Waals surface area contributed by atoms with E-state index in [2.05, 4.69) is 17.9 Å². The van der Waals surface area contributed by atoms with Crippen LogP contribution < -0.4 is 4.90 Å². The minimum Gasteiger partial charge on any atom is -0.373 e. The molecule has 2 aliphatic heterocycles. The quantitative estimate of drug-likeness (QED) is 0.870. The maximum atomic E-state index is 11.5. The van der Waals surface area contributed by atoms with E-state index in [0.29, 0.717) is 5.92 Å². The van der Waals surface area contributed by atoms with Crippen LogP contribution in [0.4, 0.5) is 5.69 Å². The monoisotopic (exact) mass is 278 g/mol. The van der Waals surface area contributed by atoms with Gasteiger partial charge in [0.25, 0.3) is 0 Å². The predicted octanol–water partition coefficient (Wildman–Crippen LogP) is 2.79. The van der Waals surface area contributed by atoms with Crippen molar-refractivity contribution in [1.29, 1.82) is 0 Å². The second-order valence-electron chi connectivity index (χ2n) is 5.97. The minimum absolute atomic E-state index is 0.500. The van der Waals surface area contributed by atoms with Gasteiger partial charge in [0.1, 0.15) is 5.84 Å². The molecule has 3 nitrogen and oxygen atoms in total. The van der Waals surface area contributed by atoms with Crippen molar-refractivity contribution in [3.8, 4) is 0 Å². The van der Waals surface area contributed by atoms with Gasteiger partial charge in [0, 0.05) is 24.3 Å². The van der Waals surface area contributed by atoms with Crippen molar-refractivity contribution in [2.45, 2.75) is 12.5 Å². The summed E-state index contributed by atoms with van der Waals surface area (Å²) >= 11 is 0. The second-order valence-corrected chi connectivity index (χ2v) is 5.97. The normalized spacial score (nSPS) is 27.0. The van der Waals surface area contributed by atoms with Crippen molar-refractivity contribution in [1.82, 2.24) is 0 Å². The summed E-state index contributed by atoms with van der Waals surface area (Å²) in [5.41, 5.74) is 1.77. The van der Waals surface area contributed by atoms with Crippen molar-refractivity contribution in [3.05, 3.63) is 65.7 Å². The van der Waals surface area contributed by atoms with E-state index in [9.17, 15) is 5.11 Å². The van der Waals surface area contributed by atoms with Crippen LogP contribution in [0.1, 0.15) is 18.1 Å². The first-order valence-electron chi connectivity index (χ1n) is 7.41. The van der Waals surface area contributed by atoms with Crippen LogP contribution in [0.3, 0.4) is 0 Å². The number of aliphatic imine (C=N–C) groups is 1. The number of aliphatic hydroxyl groups is 1. The van der Waals surface area contributed by atoms with E-state index in [-0.39, 0.29) is 0 Å². The molecule has 0 saturated heterocycles. The van der Waals surface area contributed by atoms with E-state index < -0.39 is 5.60 Å². The number of fused-ring (bicyclic) bond motifs is 3. The average Bonchev–Trinajstić information content (AvgIpc) is 2.79. The molecule has 2 heterocycles. The molecule has 0 bridgehead atoms. The summed E-state index contributed by atoms with van der Waals surface area (Å²) in [4.78, 5) is 6.89. The lowest BCUT2D eigenvalue weighted by Crippen LogP contribution is -2.46. The number of hydrogen-bond acceptors (Lipinski definition) is 3. The largest absolute Gasteiger partial charge is 0.373 e. The van der Waals surface area contributed by atoms with Crippen LogP contribution in [-0.4, -0.2) is 24.0 Å². The van der Waals surface area contributed by atoms with Gasteiger partial charge in [-0.3, -0.25) is 4.99 Å². The summed E-state index contributed by atoms with van der Waals surface area (Å²) in [6.07, 6.45) is 0. The van der Waals surface area contributed by atoms with Crippen LogP contribution in [0.25, 0.3) is 0 Å². The van der Waals surface area contributed by atoms with Crippen LogP contribution >= 0.6 is 0 Å². The molecule has 1 N–H and O–H groups in total. The zero-order valence-corrected chi connectivity index (χ0v) is 12.0. The first-order chi connectivity index (χ1) is 10.2. The van der Waals surface area contributed by atoms with Gasteiger partial charge in [-0.2, -0.15) is 0 Å². The molecule has 2 aliphatic rings. The Labute approximate surface area is 124 Å². The highest BCUT2D eigenvalue weighted by Gasteiger charge is 2.49. The molecule has 0 saturated carbocycles. The van der Waals surface area contributed by atoms with Gasteiger partial charge in [0.15, 0.2) is 5.60 Å². The van der Waals surface area contributed by atoms with Gasteiger partial charge in [-0.05, 0) is 17.5 Å². The summed E-state index contributed by atoms with van der Waals surface area (Å²) in [5, 5.41) is 11.5. The Hall–Kier alpha value is -2.13. The molecule has 0 amide bonds. The fraction of sp³-hybridized carbons (Fsp3) is 0.278. The molecule has 4 rings (SSSR count). The van der Waals surface area contributed by atoms with Crippen molar-refractivity contribution >= 4 is 11.5 Å². The Bertz CT molecular complexity index is 710. The van der Waals surface area contributed by atoms with Crippen molar-refractivity contribution in [2.24, 2.45) is 10.9 Å². The number of benzene rings is 2. The SMILES string of the molecule is C[C@@H]1CN=C2N(C1)c1ccccc1[C@@]2(O)c1ccccc1. The minimum atomic E-state index is -1.13. The second kappa shape index (κ2) is 4.43. The van der Waals surface area contributed by atoms with Crippen LogP contribution in [0.5, 0.6) is 0 Å². The predicted molar refractivity (Wildman–Crippen MR) is 84.7 cm³/mol. The Morgan fingerprint density at radius 1 is 1.10 bits per heavy atom. The number of anilines is 1. The maximum absolute atomic E-state index is 11.5. The number of amidine groups is 1. The lowest BCUT2D eigenvalue weighted by molar-refractivity contribution is 0.158. The number of rotatable bonds is 1. The van der Waals surface area contributed by atoms with Crippen LogP contribution in [0.15, 0.2) is 59.6 Å². The highest BCUT2D eigenvalue weighted by Crippen LogP contribution is 2.46. The molecule has 0 radical (unpaired) electrons. The van der Waals surface area contributed by atoms with Gasteiger partial charge >= 0.3 is 0 Å². The molecule has 21 heavy (non-hydrogen) atoms. The van der Waals surface area contributed by atoms with Crippen LogP contribution in [0.2, 0.25) is 0 Å². The fourth-order valence-corrected chi connectivity index (χ4v) is 3.41. The third kappa shape index (κ3) is 1.67. The van der Waals surface area contributed by atoms with E-state index in [1.807, 2.05) is 48.5 Å². The topological polar surface area (TPSA) is 35.8 Å². The fourth-order valence-electron chi connectivity index (χ4n) is 3.41. The summed E-state index contributed by atoms with van der Waals surface area (Å²) in [6.45, 7) is 3.88. The molecule has 2 aromatic carbocycles. The Morgan fingerprint density at radius 2 is 1.81 bits per heavy atom. The van der Waals surface area contributed by atoms with Gasteiger partial charge in [-0.15, -0.1) is 0 Å². The molecule has 0 aromatic heterocycles. The lowest BCUT2D eigenvalue weighted by Gasteiger charge is -2.32. The van der Waals surface area contributed by atoms with Gasteiger partial charge in [-0.25, -0.2) is 0 Å². The van der Waals surface area contributed by atoms with Gasteiger partial charge in [-0.1, -0.05) is 55.5 Å². The Balaban J connectivity index is 1.98. The van der Waals surface area contributed by atoms with E-state index >= 15 is 0 Å². The zero-order chi connectivity index (χ0) is 14.4. The standard InChI is InChI=1S/C18H18N2O/c1-13-11-19-17-18(21,14-7-3-2-4-8-14)15-9-5-6-10-16(15)20(17)12-13/h2-10,13,21H,11-12H2,1H3/t13-,18+/m1/s1. The van der Waals surface area contributed by atoms with E-state index in [0.717, 1.165) is 35.7 Å². The van der Waals surface area contributed by atoms with Crippen molar-refractivity contribution in [3.63, 3.8) is 0 Å². The Morgan fingerprint density at radius 3 is 2.62 bits per heavy atom. The summed E-state index contributed by atoms with van der Waals surface area (Å²) in [5.74, 6) is 1.27. The third-order valence-corrected chi connectivity index (χ3v) is 4.40. The zero-order valence-electron chi connectivity index (χ0n) is 12.0. The first kappa shape index (κ1) is 12.6. The number of hydrogen-bond donors (Lipinski definition) is 1. The smallest absolute Gasteiger partial charge is 0.174 e. The molecule has 2 aromatic rings. The van der Waals surface area contributed by atoms with Gasteiger partial charge in [0.2, 0.25) is 0 Å². The average molecular weight is 278 g/mol. The molecule has 0 spiro atoms. The molecule has 0 fully saturated rings. The van der Waals surface area contributed by atoms with E-state index in [1.165, 1.54) is 0 Å². The van der Waals surface area contributed by atoms with E-state index in [1.54, 1.807) is 0 Å². The highest BCUT2D eigenvalue weighted by molar-refractivity contribution is 6.12. The maximum Gasteiger partial charge on any atom is 0.174 e. The van der Waals surface area contributed by atoms with Crippen LogP contribution in [-0.2, 0) is 5.60 Å². The third-order valence-electron chi connectivity index (χ3n) is 4.40. The summed E-state index contributed by atoms with van der Waals surface area (Å²) in [6, 6.07) is 17.9. The molecule has 0 unspecified atom stereocenters. The molecule has 106 valence electrons. The highest BCUT2D eigenvalue weighted by atomic mass is 16.3. The van der Waals surface area contributed by atoms with Crippen molar-refractivity contribution in [2.75, 3.05) is 18.0 Å². The molecule has 0 aliphatic carbocycles. The van der Waals surface area contributed by atoms with Gasteiger partial charge < -0.3 is 10.0 Å². The van der Waals surface area contributed by atoms with Crippen LogP contribution in [0, 0.1) is 5.92 Å². The molecule has 2 atom stereocenters. The van der Waals surface area contributed by atoms with E-state index in [4.69, 9.17) is 4.99 Å². The molecular formula is C18H18N2O. The molecule has 3 heteroatoms. The summed E-state index contributed by atoms with van der Waals surface area (Å²) < 4.78 is 0. The Kier molecular flexibility index (Phi) is 2.66. The van der Waals surface area contributed by atoms with Gasteiger partial charge in [0.05, 0.1) is 0 Å². The summed E-state index contributed by atoms with van der Waals surface area (Å²) in [7, 11) is 0. The molecular weight excluding hydrogens is 260 g/mol.